The molecule has 2 bridgehead atoms. The molecule has 0 saturated heterocycles. The predicted octanol–water partition coefficient (Wildman–Crippen LogP) is 4.21. The number of carbonyl (C=O) groups is 1. The maximum Gasteiger partial charge on any atom is 0.126 e. The molecule has 7 atom stereocenters. The topological polar surface area (TPSA) is 37.3 Å². The van der Waals surface area contributed by atoms with Crippen LogP contribution in [0.1, 0.15) is 71.6 Å². The summed E-state index contributed by atoms with van der Waals surface area (Å²) in [6.07, 6.45) is 12.8. The highest BCUT2D eigenvalue weighted by Gasteiger charge is 2.64. The van der Waals surface area contributed by atoms with E-state index in [9.17, 15) is 9.90 Å². The number of aldehydes is 1. The van der Waals surface area contributed by atoms with E-state index in [1.54, 1.807) is 0 Å². The average Bonchev–Trinajstić information content (AvgIpc) is 2.77. The Hall–Kier alpha value is -0.370. The quantitative estimate of drug-likeness (QED) is 0.776. The van der Waals surface area contributed by atoms with E-state index in [2.05, 4.69) is 13.8 Å². The lowest BCUT2D eigenvalue weighted by Crippen LogP contribution is -2.56. The van der Waals surface area contributed by atoms with Crippen LogP contribution in [0.2, 0.25) is 0 Å². The van der Waals surface area contributed by atoms with Gasteiger partial charge in [-0.25, -0.2) is 0 Å². The Morgan fingerprint density at radius 2 is 1.86 bits per heavy atom. The Morgan fingerprint density at radius 3 is 2.59 bits per heavy atom. The molecule has 0 heterocycles. The van der Waals surface area contributed by atoms with Gasteiger partial charge in [0.15, 0.2) is 0 Å². The molecule has 124 valence electrons. The molecule has 4 aliphatic carbocycles. The minimum absolute atomic E-state index is 0.0829. The fraction of sp³-hybridized carbons (Fsp3) is 0.950. The molecule has 0 unspecified atom stereocenters. The minimum atomic E-state index is -0.0829. The number of carbonyl (C=O) groups excluding carboxylic acids is 1. The highest BCUT2D eigenvalue weighted by Crippen LogP contribution is 2.72. The van der Waals surface area contributed by atoms with Gasteiger partial charge in [-0.05, 0) is 85.9 Å². The zero-order valence-electron chi connectivity index (χ0n) is 14.3. The average molecular weight is 304 g/mol. The van der Waals surface area contributed by atoms with Crippen LogP contribution in [0.3, 0.4) is 0 Å². The van der Waals surface area contributed by atoms with Crippen molar-refractivity contribution in [3.8, 4) is 0 Å². The van der Waals surface area contributed by atoms with E-state index in [1.165, 1.54) is 57.7 Å². The normalized spacial score (nSPS) is 57.0. The number of fused-ring (bicyclic) bond motifs is 3. The molecule has 4 saturated carbocycles. The Labute approximate surface area is 135 Å². The second-order valence-corrected chi connectivity index (χ2v) is 9.68. The minimum Gasteiger partial charge on any atom is -0.396 e. The zero-order valence-corrected chi connectivity index (χ0v) is 14.3. The summed E-state index contributed by atoms with van der Waals surface area (Å²) in [5.74, 6) is 2.73. The molecule has 0 aromatic rings. The fourth-order valence-electron chi connectivity index (χ4n) is 7.99. The van der Waals surface area contributed by atoms with E-state index in [4.69, 9.17) is 0 Å². The second kappa shape index (κ2) is 4.82. The van der Waals surface area contributed by atoms with E-state index in [0.29, 0.717) is 29.3 Å². The number of hydrogen-bond donors (Lipinski definition) is 1. The summed E-state index contributed by atoms with van der Waals surface area (Å²) in [4.78, 5) is 11.9. The third-order valence-electron chi connectivity index (χ3n) is 8.82. The molecule has 0 radical (unpaired) electrons. The van der Waals surface area contributed by atoms with Crippen molar-refractivity contribution in [3.05, 3.63) is 0 Å². The van der Waals surface area contributed by atoms with Crippen LogP contribution in [0.4, 0.5) is 0 Å². The Balaban J connectivity index is 1.70. The van der Waals surface area contributed by atoms with Crippen molar-refractivity contribution in [1.29, 1.82) is 0 Å². The summed E-state index contributed by atoms with van der Waals surface area (Å²) in [6, 6.07) is 0. The van der Waals surface area contributed by atoms with Gasteiger partial charge in [0, 0.05) is 12.0 Å². The highest BCUT2D eigenvalue weighted by molar-refractivity contribution is 5.60. The molecule has 0 aliphatic heterocycles. The van der Waals surface area contributed by atoms with E-state index in [1.807, 2.05) is 0 Å². The van der Waals surface area contributed by atoms with Gasteiger partial charge in [0.2, 0.25) is 0 Å². The van der Waals surface area contributed by atoms with E-state index in [0.717, 1.165) is 18.3 Å². The molecule has 1 spiro atoms. The first-order chi connectivity index (χ1) is 10.5. The largest absolute Gasteiger partial charge is 0.396 e. The van der Waals surface area contributed by atoms with Gasteiger partial charge in [-0.15, -0.1) is 0 Å². The molecule has 22 heavy (non-hydrogen) atoms. The number of aliphatic hydroxyl groups is 1. The van der Waals surface area contributed by atoms with Crippen LogP contribution in [-0.4, -0.2) is 18.0 Å². The van der Waals surface area contributed by atoms with Crippen molar-refractivity contribution in [2.24, 2.45) is 39.9 Å². The molecule has 4 fully saturated rings. The third kappa shape index (κ3) is 1.79. The van der Waals surface area contributed by atoms with Crippen LogP contribution in [-0.2, 0) is 4.79 Å². The van der Waals surface area contributed by atoms with Crippen LogP contribution >= 0.6 is 0 Å². The van der Waals surface area contributed by atoms with Crippen molar-refractivity contribution in [2.45, 2.75) is 71.6 Å². The van der Waals surface area contributed by atoms with Gasteiger partial charge >= 0.3 is 0 Å². The van der Waals surface area contributed by atoms with Gasteiger partial charge in [0.25, 0.3) is 0 Å². The van der Waals surface area contributed by atoms with Crippen molar-refractivity contribution < 1.29 is 9.90 Å². The Bertz CT molecular complexity index is 474. The van der Waals surface area contributed by atoms with E-state index in [-0.39, 0.29) is 5.41 Å². The molecule has 4 rings (SSSR count). The molecule has 0 aromatic carbocycles. The van der Waals surface area contributed by atoms with Crippen molar-refractivity contribution in [2.75, 3.05) is 6.61 Å². The molecule has 0 aromatic heterocycles. The lowest BCUT2D eigenvalue weighted by Gasteiger charge is -2.63. The molecule has 0 amide bonds. The Kier molecular flexibility index (Phi) is 3.32. The monoisotopic (exact) mass is 304 g/mol. The predicted molar refractivity (Wildman–Crippen MR) is 87.3 cm³/mol. The SMILES string of the molecule is C[C@@]12CCC[C@@](C)(C=O)[C@H]1CC[C@@]13C[C@@H](CC[C@H]12)[C@@H](CO)C3. The first-order valence-corrected chi connectivity index (χ1v) is 9.55. The van der Waals surface area contributed by atoms with Gasteiger partial charge in [-0.2, -0.15) is 0 Å². The van der Waals surface area contributed by atoms with Gasteiger partial charge in [-0.3, -0.25) is 0 Å². The summed E-state index contributed by atoms with van der Waals surface area (Å²) in [7, 11) is 0. The third-order valence-corrected chi connectivity index (χ3v) is 8.82. The van der Waals surface area contributed by atoms with Crippen LogP contribution in [0.15, 0.2) is 0 Å². The van der Waals surface area contributed by atoms with Gasteiger partial charge in [0.1, 0.15) is 6.29 Å². The molecular formula is C20H32O2. The summed E-state index contributed by atoms with van der Waals surface area (Å²) >= 11 is 0. The summed E-state index contributed by atoms with van der Waals surface area (Å²) < 4.78 is 0. The lowest BCUT2D eigenvalue weighted by molar-refractivity contribution is -0.157. The maximum atomic E-state index is 11.9. The zero-order chi connectivity index (χ0) is 15.6. The highest BCUT2D eigenvalue weighted by atomic mass is 16.3. The summed E-state index contributed by atoms with van der Waals surface area (Å²) in [6.45, 7) is 5.15. The molecular weight excluding hydrogens is 272 g/mol. The van der Waals surface area contributed by atoms with Crippen molar-refractivity contribution >= 4 is 6.29 Å². The van der Waals surface area contributed by atoms with Crippen LogP contribution < -0.4 is 0 Å². The second-order valence-electron chi connectivity index (χ2n) is 9.68. The first kappa shape index (κ1) is 15.2. The van der Waals surface area contributed by atoms with Gasteiger partial charge in [-0.1, -0.05) is 20.3 Å². The number of hydrogen-bond acceptors (Lipinski definition) is 2. The molecule has 2 nitrogen and oxygen atoms in total. The molecule has 1 N–H and O–H groups in total. The van der Waals surface area contributed by atoms with Gasteiger partial charge < -0.3 is 9.90 Å². The number of aliphatic hydroxyl groups excluding tert-OH is 1. The standard InChI is InChI=1S/C20H32O2/c1-18(13-22)7-3-8-19(2)16(18)6-9-20-10-14(4-5-17(19)20)15(11-20)12-21/h13-17,21H,3-12H2,1-2H3/t14-,15-,16-,17+,18+,19-,20+/m1/s1. The summed E-state index contributed by atoms with van der Waals surface area (Å²) in [5, 5.41) is 9.77. The number of rotatable bonds is 2. The van der Waals surface area contributed by atoms with Crippen molar-refractivity contribution in [1.82, 2.24) is 0 Å². The molecule has 2 heteroatoms. The Morgan fingerprint density at radius 1 is 1.05 bits per heavy atom. The summed E-state index contributed by atoms with van der Waals surface area (Å²) in [5.41, 5.74) is 0.782. The van der Waals surface area contributed by atoms with E-state index < -0.39 is 0 Å². The van der Waals surface area contributed by atoms with Gasteiger partial charge in [0.05, 0.1) is 0 Å². The lowest BCUT2D eigenvalue weighted by atomic mass is 9.41. The van der Waals surface area contributed by atoms with Crippen LogP contribution in [0, 0.1) is 39.9 Å². The van der Waals surface area contributed by atoms with Crippen LogP contribution in [0.5, 0.6) is 0 Å². The maximum absolute atomic E-state index is 11.9. The smallest absolute Gasteiger partial charge is 0.126 e. The van der Waals surface area contributed by atoms with Crippen molar-refractivity contribution in [3.63, 3.8) is 0 Å². The van der Waals surface area contributed by atoms with Crippen LogP contribution in [0.25, 0.3) is 0 Å². The van der Waals surface area contributed by atoms with E-state index >= 15 is 0 Å². The first-order valence-electron chi connectivity index (χ1n) is 9.55. The fourth-order valence-corrected chi connectivity index (χ4v) is 7.99. The molecule has 4 aliphatic rings.